The fraction of sp³-hybridized carbons (Fsp3) is 0.500. The van der Waals surface area contributed by atoms with Crippen LogP contribution in [0.3, 0.4) is 0 Å². The Morgan fingerprint density at radius 2 is 1.82 bits per heavy atom. The van der Waals surface area contributed by atoms with Crippen molar-refractivity contribution in [2.24, 2.45) is 0 Å². The Morgan fingerprint density at radius 3 is 2.43 bits per heavy atom. The molecule has 2 N–H and O–H groups in total. The SMILES string of the molecule is COC(CNC(=O)C(=O)NC[C@H]1OCCN1S(=O)(=O)c1ccc(F)cc1)OC. The van der Waals surface area contributed by atoms with Gasteiger partial charge in [-0.05, 0) is 24.3 Å². The maximum absolute atomic E-state index is 13.0. The van der Waals surface area contributed by atoms with Gasteiger partial charge in [-0.25, -0.2) is 12.8 Å². The first-order valence-electron chi connectivity index (χ1n) is 8.30. The van der Waals surface area contributed by atoms with Crippen LogP contribution in [0.5, 0.6) is 0 Å². The van der Waals surface area contributed by atoms with Crippen LogP contribution in [-0.4, -0.2) is 77.5 Å². The first kappa shape index (κ1) is 22.2. The van der Waals surface area contributed by atoms with Crippen LogP contribution in [0.4, 0.5) is 4.39 Å². The molecular weight excluding hydrogens is 397 g/mol. The van der Waals surface area contributed by atoms with Gasteiger partial charge in [-0.3, -0.25) is 9.59 Å². The molecule has 0 unspecified atom stereocenters. The molecule has 0 saturated carbocycles. The first-order valence-corrected chi connectivity index (χ1v) is 9.74. The van der Waals surface area contributed by atoms with E-state index in [0.717, 1.165) is 28.6 Å². The van der Waals surface area contributed by atoms with Crippen molar-refractivity contribution in [2.45, 2.75) is 17.4 Å². The number of carbonyl (C=O) groups is 2. The van der Waals surface area contributed by atoms with Crippen LogP contribution in [-0.2, 0) is 33.8 Å². The van der Waals surface area contributed by atoms with Gasteiger partial charge in [-0.1, -0.05) is 0 Å². The Hall–Kier alpha value is -2.12. The van der Waals surface area contributed by atoms with Gasteiger partial charge in [0.2, 0.25) is 10.0 Å². The monoisotopic (exact) mass is 419 g/mol. The number of nitrogens with one attached hydrogen (secondary N) is 2. The minimum atomic E-state index is -3.94. The van der Waals surface area contributed by atoms with Gasteiger partial charge < -0.3 is 24.8 Å². The van der Waals surface area contributed by atoms with Crippen LogP contribution in [0.1, 0.15) is 0 Å². The Morgan fingerprint density at radius 1 is 1.21 bits per heavy atom. The van der Waals surface area contributed by atoms with Gasteiger partial charge in [0.15, 0.2) is 6.29 Å². The summed E-state index contributed by atoms with van der Waals surface area (Å²) in [5.74, 6) is -2.44. The van der Waals surface area contributed by atoms with Crippen LogP contribution in [0.15, 0.2) is 29.2 Å². The number of nitrogens with zero attached hydrogens (tertiary/aromatic N) is 1. The molecule has 12 heteroatoms. The van der Waals surface area contributed by atoms with Gasteiger partial charge in [0.1, 0.15) is 12.0 Å². The normalized spacial score (nSPS) is 17.6. The average molecular weight is 419 g/mol. The molecule has 1 atom stereocenters. The molecule has 1 fully saturated rings. The van der Waals surface area contributed by atoms with E-state index in [1.165, 1.54) is 14.2 Å². The number of rotatable bonds is 8. The van der Waals surface area contributed by atoms with Crippen molar-refractivity contribution < 1.29 is 36.6 Å². The maximum Gasteiger partial charge on any atom is 0.309 e. The third-order valence-electron chi connectivity index (χ3n) is 3.96. The second kappa shape index (κ2) is 9.89. The molecule has 156 valence electrons. The number of halogens is 1. The summed E-state index contributed by atoms with van der Waals surface area (Å²) in [6, 6.07) is 4.37. The molecule has 1 aromatic carbocycles. The van der Waals surface area contributed by atoms with Crippen LogP contribution < -0.4 is 10.6 Å². The number of methoxy groups -OCH3 is 2. The molecule has 1 aromatic rings. The van der Waals surface area contributed by atoms with Crippen LogP contribution in [0.25, 0.3) is 0 Å². The maximum atomic E-state index is 13.0. The highest BCUT2D eigenvalue weighted by atomic mass is 32.2. The van der Waals surface area contributed by atoms with E-state index in [1.807, 2.05) is 0 Å². The molecule has 1 aliphatic heterocycles. The first-order chi connectivity index (χ1) is 13.3. The summed E-state index contributed by atoms with van der Waals surface area (Å²) in [4.78, 5) is 23.6. The molecule has 28 heavy (non-hydrogen) atoms. The summed E-state index contributed by atoms with van der Waals surface area (Å²) in [5.41, 5.74) is 0. The van der Waals surface area contributed by atoms with E-state index in [0.29, 0.717) is 0 Å². The number of hydrogen-bond donors (Lipinski definition) is 2. The summed E-state index contributed by atoms with van der Waals surface area (Å²) in [5, 5.41) is 4.65. The standard InChI is InChI=1S/C16H22FN3O7S/c1-25-14(26-2)10-19-16(22)15(21)18-9-13-20(7-8-27-13)28(23,24)12-5-3-11(17)4-6-12/h3-6,13-14H,7-10H2,1-2H3,(H,18,21)(H,19,22)/t13-/m1/s1. The lowest BCUT2D eigenvalue weighted by Crippen LogP contribution is -2.48. The lowest BCUT2D eigenvalue weighted by molar-refractivity contribution is -0.142. The lowest BCUT2D eigenvalue weighted by Gasteiger charge is -2.23. The van der Waals surface area contributed by atoms with E-state index in [1.54, 1.807) is 0 Å². The minimum absolute atomic E-state index is 0.0374. The quantitative estimate of drug-likeness (QED) is 0.410. The largest absolute Gasteiger partial charge is 0.359 e. The molecule has 0 radical (unpaired) electrons. The fourth-order valence-electron chi connectivity index (χ4n) is 2.46. The molecule has 0 aliphatic carbocycles. The summed E-state index contributed by atoms with van der Waals surface area (Å²) < 4.78 is 54.6. The van der Waals surface area contributed by atoms with Crippen molar-refractivity contribution in [3.63, 3.8) is 0 Å². The summed E-state index contributed by atoms with van der Waals surface area (Å²) >= 11 is 0. The predicted octanol–water partition coefficient (Wildman–Crippen LogP) is -0.976. The number of benzene rings is 1. The van der Waals surface area contributed by atoms with Gasteiger partial charge in [0, 0.05) is 20.8 Å². The zero-order chi connectivity index (χ0) is 20.7. The smallest absolute Gasteiger partial charge is 0.309 e. The number of sulfonamides is 1. The molecule has 2 rings (SSSR count). The molecule has 0 bridgehead atoms. The molecule has 0 spiro atoms. The zero-order valence-electron chi connectivity index (χ0n) is 15.4. The molecular formula is C16H22FN3O7S. The van der Waals surface area contributed by atoms with E-state index in [4.69, 9.17) is 14.2 Å². The van der Waals surface area contributed by atoms with E-state index in [-0.39, 0.29) is 31.1 Å². The van der Waals surface area contributed by atoms with E-state index < -0.39 is 40.2 Å². The molecule has 0 aromatic heterocycles. The second-order valence-corrected chi connectivity index (χ2v) is 7.61. The van der Waals surface area contributed by atoms with Gasteiger partial charge in [-0.2, -0.15) is 4.31 Å². The minimum Gasteiger partial charge on any atom is -0.359 e. The van der Waals surface area contributed by atoms with E-state index in [2.05, 4.69) is 10.6 Å². The number of amides is 2. The molecule has 1 saturated heterocycles. The predicted molar refractivity (Wildman–Crippen MR) is 93.9 cm³/mol. The van der Waals surface area contributed by atoms with Crippen molar-refractivity contribution >= 4 is 21.8 Å². The Bertz CT molecular complexity index is 784. The highest BCUT2D eigenvalue weighted by Gasteiger charge is 2.36. The van der Waals surface area contributed by atoms with Crippen LogP contribution in [0.2, 0.25) is 0 Å². The summed E-state index contributed by atoms with van der Waals surface area (Å²) in [7, 11) is -1.18. The van der Waals surface area contributed by atoms with Crippen molar-refractivity contribution in [1.29, 1.82) is 0 Å². The Kier molecular flexibility index (Phi) is 7.83. The van der Waals surface area contributed by atoms with Crippen molar-refractivity contribution in [3.8, 4) is 0 Å². The fourth-order valence-corrected chi connectivity index (χ4v) is 3.97. The van der Waals surface area contributed by atoms with Gasteiger partial charge >= 0.3 is 11.8 Å². The highest BCUT2D eigenvalue weighted by Crippen LogP contribution is 2.22. The molecule has 1 heterocycles. The third kappa shape index (κ3) is 5.45. The number of hydrogen-bond acceptors (Lipinski definition) is 7. The van der Waals surface area contributed by atoms with Crippen LogP contribution in [0, 0.1) is 5.82 Å². The third-order valence-corrected chi connectivity index (χ3v) is 5.86. The van der Waals surface area contributed by atoms with Crippen molar-refractivity contribution in [3.05, 3.63) is 30.1 Å². The Labute approximate surface area is 162 Å². The van der Waals surface area contributed by atoms with Crippen molar-refractivity contribution in [1.82, 2.24) is 14.9 Å². The summed E-state index contributed by atoms with van der Waals surface area (Å²) in [6.45, 7) is -0.0821. The van der Waals surface area contributed by atoms with E-state index >= 15 is 0 Å². The number of carbonyl (C=O) groups excluding carboxylic acids is 2. The molecule has 10 nitrogen and oxygen atoms in total. The highest BCUT2D eigenvalue weighted by molar-refractivity contribution is 7.89. The van der Waals surface area contributed by atoms with Crippen molar-refractivity contribution in [2.75, 3.05) is 40.5 Å². The van der Waals surface area contributed by atoms with Crippen LogP contribution >= 0.6 is 0 Å². The van der Waals surface area contributed by atoms with E-state index in [9.17, 15) is 22.4 Å². The van der Waals surface area contributed by atoms with Gasteiger partial charge in [0.05, 0.1) is 24.6 Å². The Balaban J connectivity index is 1.93. The second-order valence-electron chi connectivity index (χ2n) is 5.72. The molecule has 2 amide bonds. The van der Waals surface area contributed by atoms with Gasteiger partial charge in [0.25, 0.3) is 0 Å². The average Bonchev–Trinajstić information content (AvgIpc) is 3.16. The lowest BCUT2D eigenvalue weighted by atomic mass is 10.4. The number of ether oxygens (including phenoxy) is 3. The zero-order valence-corrected chi connectivity index (χ0v) is 16.2. The summed E-state index contributed by atoms with van der Waals surface area (Å²) in [6.07, 6.45) is -1.69. The molecule has 1 aliphatic rings. The topological polar surface area (TPSA) is 123 Å². The van der Waals surface area contributed by atoms with Gasteiger partial charge in [-0.15, -0.1) is 0 Å².